The van der Waals surface area contributed by atoms with E-state index in [-0.39, 0.29) is 5.91 Å². The molecule has 0 aromatic heterocycles. The highest BCUT2D eigenvalue weighted by Crippen LogP contribution is 2.18. The molecule has 3 rings (SSSR count). The molecule has 0 unspecified atom stereocenters. The number of hydrogen-bond donors (Lipinski definition) is 4. The van der Waals surface area contributed by atoms with Crippen molar-refractivity contribution in [2.45, 2.75) is 6.54 Å². The molecule has 1 amide bonds. The zero-order valence-electron chi connectivity index (χ0n) is 15.6. The summed E-state index contributed by atoms with van der Waals surface area (Å²) < 4.78 is 0. The maximum atomic E-state index is 12.4. The maximum absolute atomic E-state index is 12.4. The Morgan fingerprint density at radius 3 is 2.25 bits per heavy atom. The van der Waals surface area contributed by atoms with Gasteiger partial charge in [0.25, 0.3) is 5.91 Å². The Hall–Kier alpha value is -3.80. The van der Waals surface area contributed by atoms with E-state index in [1.54, 1.807) is 31.3 Å². The molecule has 0 atom stereocenters. The van der Waals surface area contributed by atoms with Crippen LogP contribution in [-0.4, -0.2) is 18.9 Å². The Morgan fingerprint density at radius 1 is 0.893 bits per heavy atom. The van der Waals surface area contributed by atoms with Gasteiger partial charge in [0.2, 0.25) is 0 Å². The molecule has 6 nitrogen and oxygen atoms in total. The van der Waals surface area contributed by atoms with Crippen LogP contribution < -0.4 is 21.7 Å². The van der Waals surface area contributed by atoms with Crippen molar-refractivity contribution in [2.75, 3.05) is 23.4 Å². The van der Waals surface area contributed by atoms with E-state index in [2.05, 4.69) is 20.9 Å². The van der Waals surface area contributed by atoms with Gasteiger partial charge >= 0.3 is 0 Å². The number of carbonyl (C=O) groups excluding carboxylic acids is 1. The van der Waals surface area contributed by atoms with Crippen LogP contribution in [0.1, 0.15) is 15.9 Å². The second kappa shape index (κ2) is 9.23. The largest absolute Gasteiger partial charge is 0.397 e. The van der Waals surface area contributed by atoms with Crippen molar-refractivity contribution in [3.8, 4) is 0 Å². The lowest BCUT2D eigenvalue weighted by Gasteiger charge is -2.12. The number of amides is 1. The van der Waals surface area contributed by atoms with Crippen LogP contribution in [0.5, 0.6) is 0 Å². The summed E-state index contributed by atoms with van der Waals surface area (Å²) in [5, 5.41) is 9.30. The van der Waals surface area contributed by atoms with Crippen molar-refractivity contribution in [2.24, 2.45) is 4.99 Å². The molecule has 0 spiro atoms. The Morgan fingerprint density at radius 2 is 1.57 bits per heavy atom. The number of aliphatic imine (C=N–C) groups is 1. The number of nitrogen functional groups attached to an aromatic ring is 1. The predicted molar refractivity (Wildman–Crippen MR) is 116 cm³/mol. The van der Waals surface area contributed by atoms with Gasteiger partial charge < -0.3 is 21.7 Å². The predicted octanol–water partition coefficient (Wildman–Crippen LogP) is 3.71. The number of anilines is 3. The number of carbonyl (C=O) groups is 1. The van der Waals surface area contributed by atoms with E-state index in [4.69, 9.17) is 5.73 Å². The molecule has 0 saturated carbocycles. The van der Waals surface area contributed by atoms with E-state index < -0.39 is 0 Å². The average Bonchev–Trinajstić information content (AvgIpc) is 2.74. The number of hydrogen-bond acceptors (Lipinski definition) is 3. The molecule has 0 saturated heterocycles. The lowest BCUT2D eigenvalue weighted by Crippen LogP contribution is -2.30. The SMILES string of the molecule is CN=C(NCc1ccc(C(=O)Nc2ccccc2N)cc1)Nc1ccccc1. The normalized spacial score (nSPS) is 11.0. The van der Waals surface area contributed by atoms with Gasteiger partial charge in [-0.1, -0.05) is 42.5 Å². The lowest BCUT2D eigenvalue weighted by atomic mass is 10.1. The minimum Gasteiger partial charge on any atom is -0.397 e. The fourth-order valence-corrected chi connectivity index (χ4v) is 2.60. The van der Waals surface area contributed by atoms with Crippen LogP contribution in [0.15, 0.2) is 83.9 Å². The summed E-state index contributed by atoms with van der Waals surface area (Å²) in [7, 11) is 1.72. The molecular formula is C22H23N5O. The molecule has 0 aliphatic rings. The minimum atomic E-state index is -0.195. The quantitative estimate of drug-likeness (QED) is 0.312. The van der Waals surface area contributed by atoms with Crippen molar-refractivity contribution in [1.29, 1.82) is 0 Å². The Balaban J connectivity index is 1.56. The molecular weight excluding hydrogens is 350 g/mol. The van der Waals surface area contributed by atoms with Crippen molar-refractivity contribution < 1.29 is 4.79 Å². The van der Waals surface area contributed by atoms with E-state index >= 15 is 0 Å². The van der Waals surface area contributed by atoms with E-state index in [1.165, 1.54) is 0 Å². The van der Waals surface area contributed by atoms with Crippen molar-refractivity contribution >= 4 is 28.9 Å². The minimum absolute atomic E-state index is 0.195. The molecule has 0 bridgehead atoms. The third kappa shape index (κ3) is 5.11. The van der Waals surface area contributed by atoms with Crippen LogP contribution in [0, 0.1) is 0 Å². The first-order valence-corrected chi connectivity index (χ1v) is 8.93. The number of nitrogens with two attached hydrogens (primary N) is 1. The molecule has 0 radical (unpaired) electrons. The van der Waals surface area contributed by atoms with Crippen molar-refractivity contribution in [1.82, 2.24) is 5.32 Å². The number of para-hydroxylation sites is 3. The van der Waals surface area contributed by atoms with Crippen LogP contribution in [0.3, 0.4) is 0 Å². The van der Waals surface area contributed by atoms with E-state index in [0.29, 0.717) is 29.4 Å². The Labute approximate surface area is 164 Å². The van der Waals surface area contributed by atoms with Gasteiger partial charge in [-0.25, -0.2) is 0 Å². The second-order valence-electron chi connectivity index (χ2n) is 6.16. The van der Waals surface area contributed by atoms with Gasteiger partial charge in [0.05, 0.1) is 11.4 Å². The summed E-state index contributed by atoms with van der Waals surface area (Å²) in [6.45, 7) is 0.583. The van der Waals surface area contributed by atoms with Gasteiger partial charge in [-0.2, -0.15) is 0 Å². The van der Waals surface area contributed by atoms with Crippen molar-refractivity contribution in [3.63, 3.8) is 0 Å². The zero-order chi connectivity index (χ0) is 19.8. The van der Waals surface area contributed by atoms with Crippen LogP contribution in [0.2, 0.25) is 0 Å². The monoisotopic (exact) mass is 373 g/mol. The van der Waals surface area contributed by atoms with Gasteiger partial charge in [0.1, 0.15) is 0 Å². The highest BCUT2D eigenvalue weighted by Gasteiger charge is 2.08. The number of benzene rings is 3. The molecule has 0 aliphatic carbocycles. The number of rotatable bonds is 5. The number of nitrogens with one attached hydrogen (secondary N) is 3. The molecule has 3 aromatic carbocycles. The van der Waals surface area contributed by atoms with Crippen LogP contribution in [0.25, 0.3) is 0 Å². The molecule has 6 heteroatoms. The van der Waals surface area contributed by atoms with Gasteiger partial charge in [-0.05, 0) is 42.0 Å². The van der Waals surface area contributed by atoms with Crippen LogP contribution in [-0.2, 0) is 6.54 Å². The molecule has 3 aromatic rings. The summed E-state index contributed by atoms with van der Waals surface area (Å²) in [6, 6.07) is 24.4. The first-order chi connectivity index (χ1) is 13.7. The molecule has 28 heavy (non-hydrogen) atoms. The summed E-state index contributed by atoms with van der Waals surface area (Å²) >= 11 is 0. The lowest BCUT2D eigenvalue weighted by molar-refractivity contribution is 0.102. The highest BCUT2D eigenvalue weighted by molar-refractivity contribution is 6.05. The highest BCUT2D eigenvalue weighted by atomic mass is 16.1. The third-order valence-corrected chi connectivity index (χ3v) is 4.15. The molecule has 0 fully saturated rings. The first kappa shape index (κ1) is 19.0. The summed E-state index contributed by atoms with van der Waals surface area (Å²) in [6.07, 6.45) is 0. The number of nitrogens with zero attached hydrogens (tertiary/aromatic N) is 1. The van der Waals surface area contributed by atoms with Crippen LogP contribution >= 0.6 is 0 Å². The molecule has 5 N–H and O–H groups in total. The van der Waals surface area contributed by atoms with Gasteiger partial charge in [-0.3, -0.25) is 9.79 Å². The average molecular weight is 373 g/mol. The van der Waals surface area contributed by atoms with Gasteiger partial charge in [0.15, 0.2) is 5.96 Å². The topological polar surface area (TPSA) is 91.5 Å². The second-order valence-corrected chi connectivity index (χ2v) is 6.16. The van der Waals surface area contributed by atoms with Gasteiger partial charge in [0, 0.05) is 24.8 Å². The zero-order valence-corrected chi connectivity index (χ0v) is 15.6. The number of guanidine groups is 1. The smallest absolute Gasteiger partial charge is 0.255 e. The fraction of sp³-hybridized carbons (Fsp3) is 0.0909. The Bertz CT molecular complexity index is 952. The Kier molecular flexibility index (Phi) is 6.25. The molecule has 0 aliphatic heterocycles. The summed E-state index contributed by atoms with van der Waals surface area (Å²) in [5.74, 6) is 0.478. The summed E-state index contributed by atoms with van der Waals surface area (Å²) in [5.41, 5.74) is 9.57. The van der Waals surface area contributed by atoms with E-state index in [1.807, 2.05) is 54.6 Å². The van der Waals surface area contributed by atoms with E-state index in [9.17, 15) is 4.79 Å². The first-order valence-electron chi connectivity index (χ1n) is 8.93. The molecule has 142 valence electrons. The third-order valence-electron chi connectivity index (χ3n) is 4.15. The summed E-state index contributed by atoms with van der Waals surface area (Å²) in [4.78, 5) is 16.6. The van der Waals surface area contributed by atoms with E-state index in [0.717, 1.165) is 11.3 Å². The van der Waals surface area contributed by atoms with Crippen LogP contribution in [0.4, 0.5) is 17.1 Å². The standard InChI is InChI=1S/C22H23N5O/c1-24-22(26-18-7-3-2-4-8-18)25-15-16-11-13-17(14-12-16)21(28)27-20-10-6-5-9-19(20)23/h2-14H,15,23H2,1H3,(H,27,28)(H2,24,25,26). The van der Waals surface area contributed by atoms with Crippen molar-refractivity contribution in [3.05, 3.63) is 90.0 Å². The van der Waals surface area contributed by atoms with Gasteiger partial charge in [-0.15, -0.1) is 0 Å². The molecule has 0 heterocycles. The maximum Gasteiger partial charge on any atom is 0.255 e. The fourth-order valence-electron chi connectivity index (χ4n) is 2.60.